The fourth-order valence-corrected chi connectivity index (χ4v) is 5.68. The molecule has 0 atom stereocenters. The summed E-state index contributed by atoms with van der Waals surface area (Å²) in [4.78, 5) is 7.24. The zero-order valence-electron chi connectivity index (χ0n) is 17.4. The number of pyridine rings is 1. The number of hydrogen-bond acceptors (Lipinski definition) is 5. The third-order valence-electron chi connectivity index (χ3n) is 5.61. The number of nitrogens with zero attached hydrogens (tertiary/aromatic N) is 5. The van der Waals surface area contributed by atoms with E-state index in [-0.39, 0.29) is 0 Å². The highest BCUT2D eigenvalue weighted by Gasteiger charge is 2.29. The Labute approximate surface area is 172 Å². The van der Waals surface area contributed by atoms with E-state index in [0.717, 1.165) is 40.0 Å². The van der Waals surface area contributed by atoms with Gasteiger partial charge in [-0.05, 0) is 44.0 Å². The summed E-state index contributed by atoms with van der Waals surface area (Å²) in [6.45, 7) is 8.98. The highest BCUT2D eigenvalue weighted by atomic mass is 32.2. The number of aryl methyl sites for hydroxylation is 4. The molecule has 0 amide bonds. The molecular formula is C21H27N5O2S. The zero-order chi connectivity index (χ0) is 20.8. The third-order valence-corrected chi connectivity index (χ3v) is 7.66. The number of sulfonamides is 1. The van der Waals surface area contributed by atoms with E-state index in [4.69, 9.17) is 0 Å². The fraction of sp³-hybridized carbons (Fsp3) is 0.429. The molecule has 0 radical (unpaired) electrons. The van der Waals surface area contributed by atoms with Gasteiger partial charge in [-0.25, -0.2) is 13.4 Å². The van der Waals surface area contributed by atoms with Gasteiger partial charge in [-0.15, -0.1) is 0 Å². The molecule has 1 aliphatic rings. The van der Waals surface area contributed by atoms with Crippen LogP contribution in [0.25, 0.3) is 11.0 Å². The van der Waals surface area contributed by atoms with E-state index < -0.39 is 10.0 Å². The Morgan fingerprint density at radius 1 is 1.03 bits per heavy atom. The van der Waals surface area contributed by atoms with Crippen LogP contribution in [0.15, 0.2) is 35.4 Å². The van der Waals surface area contributed by atoms with Crippen molar-refractivity contribution in [1.29, 1.82) is 0 Å². The predicted octanol–water partition coefficient (Wildman–Crippen LogP) is 2.40. The van der Waals surface area contributed by atoms with Crippen LogP contribution in [-0.2, 0) is 23.6 Å². The average molecular weight is 414 g/mol. The van der Waals surface area contributed by atoms with E-state index >= 15 is 0 Å². The number of aromatic nitrogens is 3. The quantitative estimate of drug-likeness (QED) is 0.657. The molecule has 154 valence electrons. The smallest absolute Gasteiger partial charge is 0.243 e. The SMILES string of the molecule is Cc1ccc(S(=O)(=O)N2CCN(Cc3cnc4c(c3)c(C)nn4C)CC2)c(C)c1. The van der Waals surface area contributed by atoms with Crippen LogP contribution < -0.4 is 0 Å². The zero-order valence-corrected chi connectivity index (χ0v) is 18.2. The Morgan fingerprint density at radius 2 is 1.76 bits per heavy atom. The summed E-state index contributed by atoms with van der Waals surface area (Å²) in [5, 5.41) is 5.49. The van der Waals surface area contributed by atoms with Gasteiger partial charge in [-0.1, -0.05) is 17.7 Å². The Hall–Kier alpha value is -2.29. The van der Waals surface area contributed by atoms with E-state index in [1.165, 1.54) is 0 Å². The van der Waals surface area contributed by atoms with Crippen molar-refractivity contribution in [3.8, 4) is 0 Å². The first-order valence-electron chi connectivity index (χ1n) is 9.84. The van der Waals surface area contributed by atoms with Crippen molar-refractivity contribution in [3.05, 3.63) is 52.8 Å². The predicted molar refractivity (Wildman–Crippen MR) is 113 cm³/mol. The second-order valence-corrected chi connectivity index (χ2v) is 9.78. The molecular weight excluding hydrogens is 386 g/mol. The van der Waals surface area contributed by atoms with E-state index in [1.807, 2.05) is 46.1 Å². The summed E-state index contributed by atoms with van der Waals surface area (Å²) >= 11 is 0. The molecule has 3 heterocycles. The van der Waals surface area contributed by atoms with Crippen LogP contribution in [0.1, 0.15) is 22.4 Å². The molecule has 3 aromatic rings. The Bertz CT molecular complexity index is 1160. The van der Waals surface area contributed by atoms with E-state index in [2.05, 4.69) is 21.0 Å². The summed E-state index contributed by atoms with van der Waals surface area (Å²) < 4.78 is 29.5. The largest absolute Gasteiger partial charge is 0.296 e. The van der Waals surface area contributed by atoms with Gasteiger partial charge in [0.05, 0.1) is 10.6 Å². The Morgan fingerprint density at radius 3 is 2.45 bits per heavy atom. The standard InChI is InChI=1S/C21H27N5O2S/c1-15-5-6-20(16(2)11-15)29(27,28)26-9-7-25(8-10-26)14-18-12-19-17(3)23-24(4)21(19)22-13-18/h5-6,11-13H,7-10,14H2,1-4H3. The molecule has 2 aromatic heterocycles. The van der Waals surface area contributed by atoms with Gasteiger partial charge >= 0.3 is 0 Å². The van der Waals surface area contributed by atoms with E-state index in [1.54, 1.807) is 15.1 Å². The van der Waals surface area contributed by atoms with Crippen LogP contribution >= 0.6 is 0 Å². The lowest BCUT2D eigenvalue weighted by Crippen LogP contribution is -2.48. The van der Waals surface area contributed by atoms with Gasteiger partial charge in [0.15, 0.2) is 5.65 Å². The first-order chi connectivity index (χ1) is 13.8. The number of rotatable bonds is 4. The van der Waals surface area contributed by atoms with Crippen molar-refractivity contribution in [3.63, 3.8) is 0 Å². The second-order valence-electron chi connectivity index (χ2n) is 7.87. The molecule has 29 heavy (non-hydrogen) atoms. The lowest BCUT2D eigenvalue weighted by Gasteiger charge is -2.34. The Kier molecular flexibility index (Phi) is 5.18. The molecule has 1 aromatic carbocycles. The summed E-state index contributed by atoms with van der Waals surface area (Å²) in [5.41, 5.74) is 4.86. The number of hydrogen-bond donors (Lipinski definition) is 0. The molecule has 1 aliphatic heterocycles. The Balaban J connectivity index is 1.45. The van der Waals surface area contributed by atoms with Crippen molar-refractivity contribution in [1.82, 2.24) is 24.0 Å². The maximum Gasteiger partial charge on any atom is 0.243 e. The number of piperazine rings is 1. The number of fused-ring (bicyclic) bond motifs is 1. The minimum Gasteiger partial charge on any atom is -0.296 e. The van der Waals surface area contributed by atoms with Gasteiger partial charge in [-0.3, -0.25) is 9.58 Å². The van der Waals surface area contributed by atoms with Gasteiger partial charge in [0, 0.05) is 51.4 Å². The van der Waals surface area contributed by atoms with E-state index in [9.17, 15) is 8.42 Å². The molecule has 0 unspecified atom stereocenters. The molecule has 0 aliphatic carbocycles. The maximum absolute atomic E-state index is 13.1. The molecule has 8 heteroatoms. The maximum atomic E-state index is 13.1. The van der Waals surface area contributed by atoms with Gasteiger partial charge in [0.1, 0.15) is 0 Å². The van der Waals surface area contributed by atoms with Gasteiger partial charge in [0.2, 0.25) is 10.0 Å². The molecule has 0 N–H and O–H groups in total. The van der Waals surface area contributed by atoms with Crippen LogP contribution in [0, 0.1) is 20.8 Å². The first-order valence-corrected chi connectivity index (χ1v) is 11.3. The average Bonchev–Trinajstić information content (AvgIpc) is 2.95. The lowest BCUT2D eigenvalue weighted by atomic mass is 10.2. The highest BCUT2D eigenvalue weighted by Crippen LogP contribution is 2.23. The monoisotopic (exact) mass is 413 g/mol. The van der Waals surface area contributed by atoms with Crippen LogP contribution in [-0.4, -0.2) is 58.6 Å². The summed E-state index contributed by atoms with van der Waals surface area (Å²) in [6, 6.07) is 7.65. The van der Waals surface area contributed by atoms with Crippen LogP contribution in [0.3, 0.4) is 0 Å². The van der Waals surface area contributed by atoms with Gasteiger partial charge in [0.25, 0.3) is 0 Å². The molecule has 4 rings (SSSR count). The lowest BCUT2D eigenvalue weighted by molar-refractivity contribution is 0.181. The third kappa shape index (κ3) is 3.80. The minimum atomic E-state index is -3.45. The molecule has 7 nitrogen and oxygen atoms in total. The van der Waals surface area contributed by atoms with Crippen molar-refractivity contribution in [2.45, 2.75) is 32.2 Å². The first kappa shape index (κ1) is 20.0. The van der Waals surface area contributed by atoms with Crippen molar-refractivity contribution in [2.75, 3.05) is 26.2 Å². The highest BCUT2D eigenvalue weighted by molar-refractivity contribution is 7.89. The van der Waals surface area contributed by atoms with Gasteiger partial charge in [-0.2, -0.15) is 9.40 Å². The fourth-order valence-electron chi connectivity index (χ4n) is 4.05. The summed E-state index contributed by atoms with van der Waals surface area (Å²) in [5.74, 6) is 0. The minimum absolute atomic E-state index is 0.415. The van der Waals surface area contributed by atoms with E-state index in [0.29, 0.717) is 31.1 Å². The molecule has 0 saturated carbocycles. The molecule has 0 spiro atoms. The van der Waals surface area contributed by atoms with Crippen LogP contribution in [0.4, 0.5) is 0 Å². The summed E-state index contributed by atoms with van der Waals surface area (Å²) in [7, 11) is -1.55. The van der Waals surface area contributed by atoms with Crippen molar-refractivity contribution < 1.29 is 8.42 Å². The molecule has 1 saturated heterocycles. The molecule has 0 bridgehead atoms. The molecule has 1 fully saturated rings. The van der Waals surface area contributed by atoms with Crippen molar-refractivity contribution >= 4 is 21.1 Å². The topological polar surface area (TPSA) is 71.3 Å². The van der Waals surface area contributed by atoms with Crippen molar-refractivity contribution in [2.24, 2.45) is 7.05 Å². The summed E-state index contributed by atoms with van der Waals surface area (Å²) in [6.07, 6.45) is 1.89. The van der Waals surface area contributed by atoms with Crippen LogP contribution in [0.5, 0.6) is 0 Å². The number of benzene rings is 1. The normalized spacial score (nSPS) is 16.6. The van der Waals surface area contributed by atoms with Gasteiger partial charge < -0.3 is 0 Å². The van der Waals surface area contributed by atoms with Crippen LogP contribution in [0.2, 0.25) is 0 Å². The second kappa shape index (κ2) is 7.51.